The number of amides is 1. The first-order valence-electron chi connectivity index (χ1n) is 11.1. The van der Waals surface area contributed by atoms with Gasteiger partial charge in [0.1, 0.15) is 5.02 Å². The number of para-hydroxylation sites is 1. The van der Waals surface area contributed by atoms with Gasteiger partial charge in [0, 0.05) is 37.4 Å². The Hall–Kier alpha value is -3.49. The van der Waals surface area contributed by atoms with Gasteiger partial charge >= 0.3 is 0 Å². The molecule has 1 aliphatic heterocycles. The third-order valence-corrected chi connectivity index (χ3v) is 6.40. The van der Waals surface area contributed by atoms with E-state index in [2.05, 4.69) is 15.3 Å². The second-order valence-electron chi connectivity index (χ2n) is 8.22. The number of Topliss-reactive ketones (excluding diaryl/α,β-unsaturated/α-hetero) is 1. The topological polar surface area (TPSA) is 87.5 Å². The molecule has 1 aromatic heterocycles. The molecule has 1 saturated heterocycles. The fraction of sp³-hybridized carbons (Fsp3) is 0.280. The van der Waals surface area contributed by atoms with Crippen molar-refractivity contribution in [2.45, 2.75) is 19.9 Å². The van der Waals surface area contributed by atoms with Crippen molar-refractivity contribution in [1.82, 2.24) is 14.7 Å². The number of hydrogen-bond donors (Lipinski definition) is 1. The number of nitrogens with zero attached hydrogens (tertiary/aromatic N) is 4. The lowest BCUT2D eigenvalue weighted by atomic mass is 10.1. The van der Waals surface area contributed by atoms with Crippen LogP contribution in [0.15, 0.2) is 65.6 Å². The highest BCUT2D eigenvalue weighted by Gasteiger charge is 2.27. The van der Waals surface area contributed by atoms with Gasteiger partial charge in [-0.05, 0) is 50.2 Å². The van der Waals surface area contributed by atoms with Gasteiger partial charge in [0.2, 0.25) is 5.91 Å². The third kappa shape index (κ3) is 5.03. The molecular weight excluding hydrogens is 454 g/mol. The second-order valence-corrected chi connectivity index (χ2v) is 8.60. The van der Waals surface area contributed by atoms with Crippen molar-refractivity contribution in [3.63, 3.8) is 0 Å². The van der Waals surface area contributed by atoms with Crippen LogP contribution in [0, 0.1) is 0 Å². The molecule has 0 aliphatic carbocycles. The molecule has 1 amide bonds. The number of anilines is 2. The molecule has 0 bridgehead atoms. The molecule has 2 heterocycles. The van der Waals surface area contributed by atoms with E-state index in [1.807, 2.05) is 30.0 Å². The Labute approximate surface area is 202 Å². The molecule has 0 spiro atoms. The van der Waals surface area contributed by atoms with Crippen molar-refractivity contribution >= 4 is 34.7 Å². The maximum absolute atomic E-state index is 12.8. The molecule has 1 atom stereocenters. The molecule has 2 aromatic carbocycles. The minimum absolute atomic E-state index is 0.0168. The van der Waals surface area contributed by atoms with Crippen LogP contribution in [-0.2, 0) is 4.79 Å². The van der Waals surface area contributed by atoms with Gasteiger partial charge in [-0.1, -0.05) is 29.8 Å². The lowest BCUT2D eigenvalue weighted by Crippen LogP contribution is -2.53. The van der Waals surface area contributed by atoms with Crippen LogP contribution in [0.3, 0.4) is 0 Å². The SMILES string of the molecule is CC(=O)c1ccc(NC(=O)C(C)N2CCN(c3cnn(-c4ccccc4)c(=O)c3Cl)CC2)cc1. The second kappa shape index (κ2) is 10.2. The van der Waals surface area contributed by atoms with E-state index in [4.69, 9.17) is 11.6 Å². The quantitative estimate of drug-likeness (QED) is 0.546. The van der Waals surface area contributed by atoms with Gasteiger partial charge in [-0.2, -0.15) is 9.78 Å². The molecule has 1 N–H and O–H groups in total. The number of halogens is 1. The van der Waals surface area contributed by atoms with Crippen molar-refractivity contribution in [1.29, 1.82) is 0 Å². The average molecular weight is 480 g/mol. The monoisotopic (exact) mass is 479 g/mol. The summed E-state index contributed by atoms with van der Waals surface area (Å²) in [5.74, 6) is -0.133. The largest absolute Gasteiger partial charge is 0.366 e. The van der Waals surface area contributed by atoms with Gasteiger partial charge in [0.25, 0.3) is 5.56 Å². The zero-order valence-electron chi connectivity index (χ0n) is 19.1. The van der Waals surface area contributed by atoms with Crippen molar-refractivity contribution in [2.75, 3.05) is 36.4 Å². The summed E-state index contributed by atoms with van der Waals surface area (Å²) in [4.78, 5) is 41.1. The van der Waals surface area contributed by atoms with Crippen LogP contribution in [-0.4, -0.2) is 58.6 Å². The summed E-state index contributed by atoms with van der Waals surface area (Å²) in [6.07, 6.45) is 1.62. The highest BCUT2D eigenvalue weighted by Crippen LogP contribution is 2.23. The summed E-state index contributed by atoms with van der Waals surface area (Å²) in [6.45, 7) is 5.87. The number of hydrogen-bond acceptors (Lipinski definition) is 6. The molecule has 3 aromatic rings. The zero-order valence-corrected chi connectivity index (χ0v) is 19.8. The first-order chi connectivity index (χ1) is 16.3. The normalized spacial score (nSPS) is 15.1. The minimum atomic E-state index is -0.365. The first-order valence-corrected chi connectivity index (χ1v) is 11.5. The zero-order chi connectivity index (χ0) is 24.2. The van der Waals surface area contributed by atoms with E-state index in [0.29, 0.717) is 48.8 Å². The van der Waals surface area contributed by atoms with Crippen LogP contribution in [0.25, 0.3) is 5.69 Å². The summed E-state index contributed by atoms with van der Waals surface area (Å²) < 4.78 is 1.29. The van der Waals surface area contributed by atoms with Crippen molar-refractivity contribution in [2.24, 2.45) is 0 Å². The number of ketones is 1. The van der Waals surface area contributed by atoms with E-state index >= 15 is 0 Å². The van der Waals surface area contributed by atoms with E-state index in [0.717, 1.165) is 0 Å². The van der Waals surface area contributed by atoms with Crippen LogP contribution < -0.4 is 15.8 Å². The van der Waals surface area contributed by atoms with Gasteiger partial charge in [0.15, 0.2) is 5.78 Å². The Kier molecular flexibility index (Phi) is 7.09. The molecule has 9 heteroatoms. The van der Waals surface area contributed by atoms with E-state index in [-0.39, 0.29) is 28.3 Å². The van der Waals surface area contributed by atoms with E-state index in [1.54, 1.807) is 42.6 Å². The van der Waals surface area contributed by atoms with E-state index in [9.17, 15) is 14.4 Å². The number of aromatic nitrogens is 2. The Morgan fingerprint density at radius 3 is 2.26 bits per heavy atom. The third-order valence-electron chi connectivity index (χ3n) is 6.04. The van der Waals surface area contributed by atoms with Crippen LogP contribution in [0.5, 0.6) is 0 Å². The molecule has 1 unspecified atom stereocenters. The van der Waals surface area contributed by atoms with Crippen LogP contribution >= 0.6 is 11.6 Å². The Morgan fingerprint density at radius 1 is 1.00 bits per heavy atom. The highest BCUT2D eigenvalue weighted by atomic mass is 35.5. The predicted molar refractivity (Wildman–Crippen MR) is 133 cm³/mol. The summed E-state index contributed by atoms with van der Waals surface area (Å²) >= 11 is 6.44. The van der Waals surface area contributed by atoms with Gasteiger partial charge in [-0.15, -0.1) is 0 Å². The Balaban J connectivity index is 1.38. The molecule has 34 heavy (non-hydrogen) atoms. The summed E-state index contributed by atoms with van der Waals surface area (Å²) in [5, 5.41) is 7.35. The van der Waals surface area contributed by atoms with E-state index in [1.165, 1.54) is 11.6 Å². The summed E-state index contributed by atoms with van der Waals surface area (Å²) in [7, 11) is 0. The molecule has 1 aliphatic rings. The summed E-state index contributed by atoms with van der Waals surface area (Å²) in [6, 6.07) is 15.7. The molecule has 0 saturated carbocycles. The van der Waals surface area contributed by atoms with Crippen molar-refractivity contribution < 1.29 is 9.59 Å². The number of nitrogens with one attached hydrogen (secondary N) is 1. The molecule has 176 valence electrons. The highest BCUT2D eigenvalue weighted by molar-refractivity contribution is 6.33. The Bertz CT molecular complexity index is 1240. The number of piperazine rings is 1. The predicted octanol–water partition coefficient (Wildman–Crippen LogP) is 3.24. The lowest BCUT2D eigenvalue weighted by Gasteiger charge is -2.38. The standard InChI is InChI=1S/C25H26ClN5O3/c1-17(24(33)28-20-10-8-19(9-11-20)18(2)32)29-12-14-30(15-13-29)22-16-27-31(25(34)23(22)26)21-6-4-3-5-7-21/h3-11,16-17H,12-15H2,1-2H3,(H,28,33). The molecule has 0 radical (unpaired) electrons. The number of carbonyl (C=O) groups is 2. The lowest BCUT2D eigenvalue weighted by molar-refractivity contribution is -0.120. The fourth-order valence-corrected chi connectivity index (χ4v) is 4.20. The maximum Gasteiger partial charge on any atom is 0.292 e. The average Bonchev–Trinajstić information content (AvgIpc) is 2.86. The Morgan fingerprint density at radius 2 is 1.65 bits per heavy atom. The van der Waals surface area contributed by atoms with Gasteiger partial charge in [-0.25, -0.2) is 0 Å². The van der Waals surface area contributed by atoms with Gasteiger partial charge in [0.05, 0.1) is 23.6 Å². The van der Waals surface area contributed by atoms with Gasteiger partial charge in [-0.3, -0.25) is 19.3 Å². The van der Waals surface area contributed by atoms with Gasteiger partial charge < -0.3 is 10.2 Å². The van der Waals surface area contributed by atoms with E-state index < -0.39 is 0 Å². The molecular formula is C25H26ClN5O3. The van der Waals surface area contributed by atoms with Crippen LogP contribution in [0.4, 0.5) is 11.4 Å². The number of benzene rings is 2. The molecule has 1 fully saturated rings. The van der Waals surface area contributed by atoms with Crippen LogP contribution in [0.1, 0.15) is 24.2 Å². The maximum atomic E-state index is 12.8. The molecule has 4 rings (SSSR count). The minimum Gasteiger partial charge on any atom is -0.366 e. The number of rotatable bonds is 6. The number of carbonyl (C=O) groups excluding carboxylic acids is 2. The summed E-state index contributed by atoms with van der Waals surface area (Å²) in [5.41, 5.74) is 2.14. The van der Waals surface area contributed by atoms with Crippen LogP contribution in [0.2, 0.25) is 5.02 Å². The smallest absolute Gasteiger partial charge is 0.292 e. The molecule has 8 nitrogen and oxygen atoms in total. The first kappa shape index (κ1) is 23.7. The van der Waals surface area contributed by atoms with Crippen molar-refractivity contribution in [3.05, 3.63) is 81.7 Å². The fourth-order valence-electron chi connectivity index (χ4n) is 3.95. The van der Waals surface area contributed by atoms with Crippen molar-refractivity contribution in [3.8, 4) is 5.69 Å².